The van der Waals surface area contributed by atoms with Gasteiger partial charge < -0.3 is 9.30 Å². The fraction of sp³-hybridized carbons (Fsp3) is 0.256. The van der Waals surface area contributed by atoms with E-state index in [0.29, 0.717) is 11.5 Å². The first-order valence-electron chi connectivity index (χ1n) is 16.7. The summed E-state index contributed by atoms with van der Waals surface area (Å²) < 4.78 is 10.6. The van der Waals surface area contributed by atoms with Crippen LogP contribution >= 0.6 is 0 Å². The van der Waals surface area contributed by atoms with Crippen molar-refractivity contribution in [3.8, 4) is 34.1 Å². The molecule has 0 aliphatic heterocycles. The predicted molar refractivity (Wildman–Crippen MR) is 197 cm³/mol. The van der Waals surface area contributed by atoms with Gasteiger partial charge in [-0.2, -0.15) is 17.2 Å². The van der Waals surface area contributed by atoms with Crippen molar-refractivity contribution in [1.82, 2.24) is 19.3 Å². The smallest absolute Gasteiger partial charge is 0.509 e. The van der Waals surface area contributed by atoms with Gasteiger partial charge in [-0.3, -0.25) is 4.68 Å². The third-order valence-electron chi connectivity index (χ3n) is 9.71. The molecule has 0 amide bonds. The molecular weight excluding hydrogens is 784 g/mol. The van der Waals surface area contributed by atoms with Gasteiger partial charge in [-0.25, -0.2) is 4.98 Å². The number of hydrogen-bond donors (Lipinski definition) is 0. The van der Waals surface area contributed by atoms with E-state index in [1.165, 1.54) is 16.5 Å². The first-order chi connectivity index (χ1) is 22.9. The Hall–Kier alpha value is -4.47. The number of hydrogen-bond acceptors (Lipinski definition) is 3. The second-order valence-electron chi connectivity index (χ2n) is 14.4. The van der Waals surface area contributed by atoms with E-state index in [4.69, 9.17) is 14.8 Å². The molecule has 3 heterocycles. The molecule has 0 fully saturated rings. The Bertz CT molecular complexity index is 2290. The van der Waals surface area contributed by atoms with Crippen LogP contribution in [0.2, 0.25) is 0 Å². The topological polar surface area (TPSA) is 44.9 Å². The minimum atomic E-state index is -0.0130. The predicted octanol–water partition coefficient (Wildman–Crippen LogP) is 11.0. The van der Waals surface area contributed by atoms with Crippen molar-refractivity contribution in [1.29, 1.82) is 0 Å². The average Bonchev–Trinajstić information content (AvgIpc) is 3.57. The molecule has 0 unspecified atom stereocenters. The molecular formula is C43H42N4OPt. The third-order valence-corrected chi connectivity index (χ3v) is 9.71. The van der Waals surface area contributed by atoms with Crippen LogP contribution in [0, 0.1) is 26.0 Å². The zero-order chi connectivity index (χ0) is 33.8. The van der Waals surface area contributed by atoms with Crippen LogP contribution < -0.4 is 4.74 Å². The summed E-state index contributed by atoms with van der Waals surface area (Å²) in [5.41, 5.74) is 9.75. The van der Waals surface area contributed by atoms with Gasteiger partial charge >= 0.3 is 21.1 Å². The molecule has 0 bridgehead atoms. The molecule has 0 atom stereocenters. The molecule has 7 rings (SSSR count). The van der Waals surface area contributed by atoms with Gasteiger partial charge in [0.1, 0.15) is 5.82 Å². The van der Waals surface area contributed by atoms with Gasteiger partial charge in [-0.15, -0.1) is 35.7 Å². The van der Waals surface area contributed by atoms with Gasteiger partial charge in [0, 0.05) is 34.5 Å². The minimum Gasteiger partial charge on any atom is -0.509 e. The van der Waals surface area contributed by atoms with E-state index in [0.717, 1.165) is 56.9 Å². The second kappa shape index (κ2) is 13.1. The maximum absolute atomic E-state index is 6.48. The number of nitrogens with zero attached hydrogens (tertiary/aromatic N) is 4. The van der Waals surface area contributed by atoms with Gasteiger partial charge in [0.05, 0.1) is 5.69 Å². The van der Waals surface area contributed by atoms with E-state index >= 15 is 0 Å². The number of fused-ring (bicyclic) bond motifs is 3. The molecule has 6 heteroatoms. The van der Waals surface area contributed by atoms with Crippen LogP contribution in [0.4, 0.5) is 0 Å². The average molecular weight is 826 g/mol. The molecule has 0 spiro atoms. The summed E-state index contributed by atoms with van der Waals surface area (Å²) in [6.07, 6.45) is 2.96. The summed E-state index contributed by atoms with van der Waals surface area (Å²) >= 11 is 0. The van der Waals surface area contributed by atoms with E-state index in [9.17, 15) is 0 Å². The van der Waals surface area contributed by atoms with Gasteiger partial charge in [0.2, 0.25) is 0 Å². The van der Waals surface area contributed by atoms with E-state index in [1.54, 1.807) is 0 Å². The number of benzene rings is 4. The minimum absolute atomic E-state index is 0. The maximum Gasteiger partial charge on any atom is 2.00 e. The Balaban J connectivity index is 0.00000417. The van der Waals surface area contributed by atoms with Crippen LogP contribution in [-0.4, -0.2) is 19.3 Å². The molecule has 0 N–H and O–H groups in total. The molecule has 4 aromatic carbocycles. The Labute approximate surface area is 304 Å². The van der Waals surface area contributed by atoms with Crippen molar-refractivity contribution in [2.45, 2.75) is 72.6 Å². The monoisotopic (exact) mass is 825 g/mol. The van der Waals surface area contributed by atoms with Crippen molar-refractivity contribution >= 4 is 21.8 Å². The normalized spacial score (nSPS) is 12.0. The van der Waals surface area contributed by atoms with Crippen molar-refractivity contribution in [3.05, 3.63) is 132 Å². The number of aromatic nitrogens is 4. The zero-order valence-corrected chi connectivity index (χ0v) is 31.7. The molecule has 7 aromatic rings. The van der Waals surface area contributed by atoms with Crippen molar-refractivity contribution in [2.75, 3.05) is 0 Å². The molecule has 0 aliphatic rings. The Morgan fingerprint density at radius 3 is 2.24 bits per heavy atom. The van der Waals surface area contributed by atoms with Crippen LogP contribution in [-0.2, 0) is 31.9 Å². The van der Waals surface area contributed by atoms with Crippen molar-refractivity contribution in [3.63, 3.8) is 0 Å². The maximum atomic E-state index is 6.48. The van der Waals surface area contributed by atoms with Gasteiger partial charge in [0.15, 0.2) is 0 Å². The van der Waals surface area contributed by atoms with Crippen LogP contribution in [0.3, 0.4) is 0 Å². The zero-order valence-electron chi connectivity index (χ0n) is 29.5. The van der Waals surface area contributed by atoms with E-state index in [1.807, 2.05) is 48.1 Å². The van der Waals surface area contributed by atoms with E-state index in [2.05, 4.69) is 126 Å². The molecule has 49 heavy (non-hydrogen) atoms. The number of pyridine rings is 1. The molecule has 0 saturated carbocycles. The van der Waals surface area contributed by atoms with E-state index in [-0.39, 0.29) is 31.9 Å². The first kappa shape index (κ1) is 34.4. The standard InChI is InChI=1S/C43H42N4O.Pt/c1-9-43(7,8)32-18-21-38-37(24-32)36-20-19-35(27-39(36)46(38)40-25-31(22-23-44-40)42(4,5)6)48-34-17-13-16-33(26-34)47-29(3)41(28(2)45-47)30-14-11-10-12-15-30;/h10-25H,9H2,1-8H3;/q-2;+2. The van der Waals surface area contributed by atoms with Crippen LogP contribution in [0.1, 0.15) is 70.5 Å². The van der Waals surface area contributed by atoms with Crippen molar-refractivity contribution < 1.29 is 25.8 Å². The van der Waals surface area contributed by atoms with Gasteiger partial charge in [-0.05, 0) is 77.1 Å². The molecule has 5 nitrogen and oxygen atoms in total. The number of aryl methyl sites for hydroxylation is 1. The number of rotatable bonds is 7. The second-order valence-corrected chi connectivity index (χ2v) is 14.4. The summed E-state index contributed by atoms with van der Waals surface area (Å²) in [6, 6.07) is 38.7. The molecule has 0 saturated heterocycles. The Morgan fingerprint density at radius 1 is 0.755 bits per heavy atom. The van der Waals surface area contributed by atoms with Crippen LogP contribution in [0.25, 0.3) is 44.4 Å². The van der Waals surface area contributed by atoms with Crippen LogP contribution in [0.15, 0.2) is 97.2 Å². The third kappa shape index (κ3) is 6.37. The summed E-state index contributed by atoms with van der Waals surface area (Å²) in [6.45, 7) is 17.7. The summed E-state index contributed by atoms with van der Waals surface area (Å²) in [5.74, 6) is 2.07. The van der Waals surface area contributed by atoms with Gasteiger partial charge in [0.25, 0.3) is 0 Å². The Morgan fingerprint density at radius 2 is 1.51 bits per heavy atom. The largest absolute Gasteiger partial charge is 2.00 e. The summed E-state index contributed by atoms with van der Waals surface area (Å²) in [4.78, 5) is 4.87. The fourth-order valence-corrected chi connectivity index (χ4v) is 6.49. The molecule has 0 radical (unpaired) electrons. The fourth-order valence-electron chi connectivity index (χ4n) is 6.49. The first-order valence-corrected chi connectivity index (χ1v) is 16.7. The summed E-state index contributed by atoms with van der Waals surface area (Å²) in [7, 11) is 0. The molecule has 3 aromatic heterocycles. The Kier molecular flexibility index (Phi) is 9.19. The van der Waals surface area contributed by atoms with Crippen molar-refractivity contribution in [2.24, 2.45) is 0 Å². The SMILES string of the molecule is CCC(C)(C)c1ccc2c(c1)c1ccc(Oc3[c-]c(-n4nc(C)c(-c5ccccc5)c4C)ccc3)[c-]c1n2-c1cc(C(C)(C)C)ccn1.[Pt+2]. The quantitative estimate of drug-likeness (QED) is 0.150. The summed E-state index contributed by atoms with van der Waals surface area (Å²) in [5, 5.41) is 7.18. The van der Waals surface area contributed by atoms with Crippen LogP contribution in [0.5, 0.6) is 11.5 Å². The molecule has 0 aliphatic carbocycles. The molecule has 250 valence electrons. The van der Waals surface area contributed by atoms with Gasteiger partial charge in [-0.1, -0.05) is 89.5 Å². The van der Waals surface area contributed by atoms with E-state index < -0.39 is 0 Å². The number of ether oxygens (including phenoxy) is 1.